The topological polar surface area (TPSA) is 132 Å². The third-order valence-electron chi connectivity index (χ3n) is 8.63. The molecule has 4 N–H and O–H groups in total. The molecule has 0 bridgehead atoms. The van der Waals surface area contributed by atoms with Gasteiger partial charge in [-0.1, -0.05) is 48.5 Å². The molecule has 3 unspecified atom stereocenters. The van der Waals surface area contributed by atoms with E-state index in [9.17, 15) is 37.8 Å². The third-order valence-corrected chi connectivity index (χ3v) is 8.63. The van der Waals surface area contributed by atoms with Crippen molar-refractivity contribution in [3.63, 3.8) is 0 Å². The van der Waals surface area contributed by atoms with Gasteiger partial charge in [-0.3, -0.25) is 14.4 Å². The Bertz CT molecular complexity index is 1730. The van der Waals surface area contributed by atoms with E-state index >= 15 is 0 Å². The molecular formula is C34H33F3O7. The van der Waals surface area contributed by atoms with Crippen LogP contribution in [0.4, 0.5) is 13.2 Å². The number of carbonyl (C=O) groups excluding carboxylic acids is 3. The number of hydrogen-bond donors (Lipinski definition) is 2. The smallest absolute Gasteiger partial charge is 0.416 e. The minimum atomic E-state index is -4.50. The highest BCUT2D eigenvalue weighted by Gasteiger charge is 2.52. The summed E-state index contributed by atoms with van der Waals surface area (Å²) < 4.78 is 45.5. The van der Waals surface area contributed by atoms with E-state index in [1.54, 1.807) is 6.07 Å². The largest absolute Gasteiger partial charge is 0.507 e. The Hall–Kier alpha value is -4.70. The highest BCUT2D eigenvalue weighted by molar-refractivity contribution is 6.28. The van der Waals surface area contributed by atoms with E-state index in [2.05, 4.69) is 0 Å². The number of halogens is 3. The second-order valence-corrected chi connectivity index (χ2v) is 11.3. The van der Waals surface area contributed by atoms with Gasteiger partial charge in [0.25, 0.3) is 0 Å². The Balaban J connectivity index is 0.00000192. The molecule has 44 heavy (non-hydrogen) atoms. The number of benzene rings is 3. The molecule has 7 nitrogen and oxygen atoms in total. The summed E-state index contributed by atoms with van der Waals surface area (Å²) in [5, 5.41) is 22.1. The highest BCUT2D eigenvalue weighted by atomic mass is 19.4. The first-order valence-electron chi connectivity index (χ1n) is 13.9. The fourth-order valence-corrected chi connectivity index (χ4v) is 6.71. The molecule has 0 spiro atoms. The van der Waals surface area contributed by atoms with E-state index in [1.807, 2.05) is 30.3 Å². The first kappa shape index (κ1) is 30.7. The first-order valence-corrected chi connectivity index (χ1v) is 13.9. The number of phenolic OH excluding ortho intramolecular Hbond substituents is 1. The summed E-state index contributed by atoms with van der Waals surface area (Å²) in [5.74, 6) is -4.40. The Kier molecular flexibility index (Phi) is 7.98. The Morgan fingerprint density at radius 2 is 1.64 bits per heavy atom. The van der Waals surface area contributed by atoms with E-state index in [0.717, 1.165) is 17.7 Å². The maximum Gasteiger partial charge on any atom is 0.416 e. The van der Waals surface area contributed by atoms with Gasteiger partial charge in [0.1, 0.15) is 23.9 Å². The second kappa shape index (κ2) is 11.4. The molecule has 3 aliphatic rings. The lowest BCUT2D eigenvalue weighted by molar-refractivity contribution is -0.138. The summed E-state index contributed by atoms with van der Waals surface area (Å²) in [6.45, 7) is 1.40. The number of aliphatic hydroxyl groups excluding tert-OH is 1. The van der Waals surface area contributed by atoms with Crippen molar-refractivity contribution >= 4 is 23.1 Å². The highest BCUT2D eigenvalue weighted by Crippen LogP contribution is 2.51. The monoisotopic (exact) mass is 610 g/mol. The number of alkyl halides is 3. The lowest BCUT2D eigenvalue weighted by Gasteiger charge is -2.41. The van der Waals surface area contributed by atoms with Gasteiger partial charge in [0, 0.05) is 14.8 Å². The number of aromatic hydroxyl groups is 1. The van der Waals surface area contributed by atoms with Crippen molar-refractivity contribution in [3.8, 4) is 16.9 Å². The van der Waals surface area contributed by atoms with Crippen molar-refractivity contribution in [2.24, 2.45) is 17.8 Å². The minimum Gasteiger partial charge on any atom is -0.507 e. The standard InChI is InChI=1S/C34H27F3O6.H2O.2H2/c1-17(38)27-26(43-16-18-5-3-2-4-6-18)15-21-13-20-14-24-23(19-7-9-22(10-8-19)34(35,36)37)11-12-25(39)30(24)33(42)28(20)32(41)29(21)31(27)40;;;/h2-12,20-21,29,39,42H,13-16H2,1H3;1H2;2*1H. The normalized spacial score (nSPS) is 21.2. The number of carbonyl (C=O) groups is 3. The molecule has 1 saturated carbocycles. The van der Waals surface area contributed by atoms with Crippen LogP contribution in [0.15, 0.2) is 83.6 Å². The quantitative estimate of drug-likeness (QED) is 0.253. The Morgan fingerprint density at radius 3 is 2.27 bits per heavy atom. The van der Waals surface area contributed by atoms with Gasteiger partial charge in [-0.2, -0.15) is 13.2 Å². The average molecular weight is 611 g/mol. The zero-order valence-corrected chi connectivity index (χ0v) is 23.6. The molecule has 3 atom stereocenters. The van der Waals surface area contributed by atoms with Gasteiger partial charge >= 0.3 is 6.18 Å². The van der Waals surface area contributed by atoms with E-state index < -0.39 is 52.6 Å². The lowest BCUT2D eigenvalue weighted by Crippen LogP contribution is -2.46. The molecule has 0 aliphatic heterocycles. The summed E-state index contributed by atoms with van der Waals surface area (Å²) in [6, 6.07) is 16.8. The molecule has 3 aliphatic carbocycles. The van der Waals surface area contributed by atoms with E-state index in [4.69, 9.17) is 4.74 Å². The van der Waals surface area contributed by atoms with Gasteiger partial charge in [-0.05, 0) is 72.1 Å². The second-order valence-electron chi connectivity index (χ2n) is 11.3. The van der Waals surface area contributed by atoms with Gasteiger partial charge in [0.05, 0.1) is 22.6 Å². The van der Waals surface area contributed by atoms with Gasteiger partial charge in [-0.25, -0.2) is 0 Å². The van der Waals surface area contributed by atoms with E-state index in [1.165, 1.54) is 25.1 Å². The van der Waals surface area contributed by atoms with Gasteiger partial charge < -0.3 is 20.4 Å². The van der Waals surface area contributed by atoms with Crippen LogP contribution in [0.5, 0.6) is 5.75 Å². The van der Waals surface area contributed by atoms with Crippen LogP contribution in [0.3, 0.4) is 0 Å². The van der Waals surface area contributed by atoms with Crippen molar-refractivity contribution in [1.82, 2.24) is 0 Å². The molecule has 3 aromatic rings. The molecular weight excluding hydrogens is 577 g/mol. The van der Waals surface area contributed by atoms with Gasteiger partial charge in [0.2, 0.25) is 0 Å². The Morgan fingerprint density at radius 1 is 0.955 bits per heavy atom. The molecule has 0 aromatic heterocycles. The van der Waals surface area contributed by atoms with Crippen molar-refractivity contribution in [3.05, 3.63) is 106 Å². The molecule has 0 amide bonds. The lowest BCUT2D eigenvalue weighted by atomic mass is 9.60. The first-order chi connectivity index (χ1) is 20.5. The zero-order valence-electron chi connectivity index (χ0n) is 23.6. The fraction of sp³-hybridized carbons (Fsp3) is 0.265. The maximum atomic E-state index is 13.9. The number of phenols is 1. The summed E-state index contributed by atoms with van der Waals surface area (Å²) in [7, 11) is 0. The predicted molar refractivity (Wildman–Crippen MR) is 158 cm³/mol. The van der Waals surface area contributed by atoms with Gasteiger partial charge in [-0.15, -0.1) is 0 Å². The van der Waals surface area contributed by atoms with Gasteiger partial charge in [0.15, 0.2) is 17.3 Å². The fourth-order valence-electron chi connectivity index (χ4n) is 6.71. The molecule has 1 fully saturated rings. The third kappa shape index (κ3) is 5.19. The van der Waals surface area contributed by atoms with Crippen LogP contribution in [-0.2, 0) is 38.3 Å². The summed E-state index contributed by atoms with van der Waals surface area (Å²) in [4.78, 5) is 40.1. The van der Waals surface area contributed by atoms with Crippen LogP contribution in [0.25, 0.3) is 16.9 Å². The SMILES string of the molecule is CC(=O)C1=C(OCc2ccccc2)CC2CC3Cc4c(-c5ccc(C(F)(F)F)cc5)ccc(O)c4C(O)=C3C(=O)C2C1=O.O.[HH].[HH]. The van der Waals surface area contributed by atoms with E-state index in [0.29, 0.717) is 23.1 Å². The number of aliphatic hydroxyl groups is 1. The summed E-state index contributed by atoms with van der Waals surface area (Å²) in [6.07, 6.45) is -3.77. The maximum absolute atomic E-state index is 13.9. The molecule has 0 heterocycles. The average Bonchev–Trinajstić information content (AvgIpc) is 2.96. The number of hydrogen-bond acceptors (Lipinski definition) is 6. The molecule has 10 heteroatoms. The number of Topliss-reactive ketones (excluding diaryl/α,β-unsaturated/α-hetero) is 3. The summed E-state index contributed by atoms with van der Waals surface area (Å²) >= 11 is 0. The number of ketones is 3. The molecule has 232 valence electrons. The molecule has 3 aromatic carbocycles. The van der Waals surface area contributed by atoms with Crippen molar-refractivity contribution in [2.75, 3.05) is 0 Å². The van der Waals surface area contributed by atoms with Crippen LogP contribution in [0.1, 0.15) is 44.9 Å². The summed E-state index contributed by atoms with van der Waals surface area (Å²) in [5.41, 5.74) is 1.43. The van der Waals surface area contributed by atoms with Crippen LogP contribution < -0.4 is 0 Å². The molecule has 0 saturated heterocycles. The molecule has 6 rings (SSSR count). The van der Waals surface area contributed by atoms with Crippen LogP contribution in [-0.4, -0.2) is 33.0 Å². The number of rotatable bonds is 5. The van der Waals surface area contributed by atoms with Crippen LogP contribution >= 0.6 is 0 Å². The number of allylic oxidation sites excluding steroid dienone is 3. The van der Waals surface area contributed by atoms with Crippen LogP contribution in [0.2, 0.25) is 0 Å². The van der Waals surface area contributed by atoms with Crippen molar-refractivity contribution in [1.29, 1.82) is 0 Å². The van der Waals surface area contributed by atoms with Crippen LogP contribution in [0, 0.1) is 17.8 Å². The predicted octanol–water partition coefficient (Wildman–Crippen LogP) is 6.42. The van der Waals surface area contributed by atoms with E-state index in [-0.39, 0.29) is 56.0 Å². The number of fused-ring (bicyclic) bond motifs is 3. The molecule has 0 radical (unpaired) electrons. The van der Waals surface area contributed by atoms with Crippen molar-refractivity contribution < 1.29 is 50.8 Å². The number of ether oxygens (including phenoxy) is 1. The Labute approximate surface area is 253 Å². The zero-order chi connectivity index (χ0) is 30.6. The van der Waals surface area contributed by atoms with Crippen molar-refractivity contribution in [2.45, 2.75) is 39.0 Å². The minimum absolute atomic E-state index is 0.